The molecule has 0 bridgehead atoms. The Balaban J connectivity index is 1.49. The highest BCUT2D eigenvalue weighted by atomic mass is 14.7. The maximum atomic E-state index is 5.42. The molecule has 0 aliphatic heterocycles. The smallest absolute Gasteiger partial charge is 0.0791 e. The van der Waals surface area contributed by atoms with Gasteiger partial charge in [0.15, 0.2) is 0 Å². The Morgan fingerprint density at radius 3 is 2.31 bits per heavy atom. The number of hydrogen-bond donors (Lipinski definition) is 0. The minimum absolute atomic E-state index is 0.687. The normalized spacial score (nSPS) is 14.8. The van der Waals surface area contributed by atoms with E-state index < -0.39 is 0 Å². The van der Waals surface area contributed by atoms with Gasteiger partial charge in [0.05, 0.1) is 11.4 Å². The number of aryl methyl sites for hydroxylation is 2. The molecule has 1 aromatic heterocycles. The Hall–Kier alpha value is -3.71. The molecule has 1 heteroatoms. The first-order chi connectivity index (χ1) is 17.6. The van der Waals surface area contributed by atoms with Crippen molar-refractivity contribution in [1.29, 1.82) is 0 Å². The molecule has 2 aliphatic rings. The first-order valence-corrected chi connectivity index (χ1v) is 13.4. The Bertz CT molecular complexity index is 1620. The molecule has 1 heterocycles. The van der Waals surface area contributed by atoms with Crippen molar-refractivity contribution in [2.45, 2.75) is 51.9 Å². The molecular weight excluding hydrogens is 434 g/mol. The van der Waals surface area contributed by atoms with Gasteiger partial charge in [-0.05, 0) is 96.0 Å². The molecule has 4 aromatic carbocycles. The SMILES string of the molecule is Cc1ccc(-c2cc3ccc(C4CCCC4)cc3c(-c3cc(C)cc4c3Cc3ccccc3-4)n2)cc1. The van der Waals surface area contributed by atoms with E-state index in [-0.39, 0.29) is 0 Å². The molecule has 0 radical (unpaired) electrons. The molecule has 0 saturated heterocycles. The molecule has 5 aromatic rings. The molecule has 1 nitrogen and oxygen atoms in total. The average molecular weight is 466 g/mol. The first kappa shape index (κ1) is 21.6. The second-order valence-electron chi connectivity index (χ2n) is 10.9. The predicted molar refractivity (Wildman–Crippen MR) is 152 cm³/mol. The number of benzene rings is 4. The Morgan fingerprint density at radius 1 is 0.694 bits per heavy atom. The van der Waals surface area contributed by atoms with E-state index in [2.05, 4.69) is 98.8 Å². The van der Waals surface area contributed by atoms with Gasteiger partial charge in [0.25, 0.3) is 0 Å². The third-order valence-electron chi connectivity index (χ3n) is 8.35. The van der Waals surface area contributed by atoms with Crippen molar-refractivity contribution in [3.8, 4) is 33.6 Å². The summed E-state index contributed by atoms with van der Waals surface area (Å²) in [5.74, 6) is 0.687. The lowest BCUT2D eigenvalue weighted by Gasteiger charge is -2.17. The highest BCUT2D eigenvalue weighted by molar-refractivity contribution is 6.00. The van der Waals surface area contributed by atoms with Gasteiger partial charge in [-0.1, -0.05) is 85.1 Å². The number of nitrogens with zero attached hydrogens (tertiary/aromatic N) is 1. The van der Waals surface area contributed by atoms with Crippen LogP contribution in [0.4, 0.5) is 0 Å². The number of aromatic nitrogens is 1. The second-order valence-corrected chi connectivity index (χ2v) is 10.9. The molecule has 0 spiro atoms. The van der Waals surface area contributed by atoms with Gasteiger partial charge in [0, 0.05) is 16.5 Å². The summed E-state index contributed by atoms with van der Waals surface area (Å²) in [5, 5.41) is 2.57. The fourth-order valence-electron chi connectivity index (χ4n) is 6.44. The zero-order valence-electron chi connectivity index (χ0n) is 21.1. The summed E-state index contributed by atoms with van der Waals surface area (Å²) < 4.78 is 0. The summed E-state index contributed by atoms with van der Waals surface area (Å²) >= 11 is 0. The summed E-state index contributed by atoms with van der Waals surface area (Å²) in [4.78, 5) is 5.42. The quantitative estimate of drug-likeness (QED) is 0.254. The fourth-order valence-corrected chi connectivity index (χ4v) is 6.44. The van der Waals surface area contributed by atoms with E-state index in [4.69, 9.17) is 4.98 Å². The van der Waals surface area contributed by atoms with Crippen LogP contribution >= 0.6 is 0 Å². The van der Waals surface area contributed by atoms with Gasteiger partial charge in [-0.25, -0.2) is 4.98 Å². The van der Waals surface area contributed by atoms with E-state index in [0.29, 0.717) is 5.92 Å². The van der Waals surface area contributed by atoms with Gasteiger partial charge in [0.2, 0.25) is 0 Å². The van der Waals surface area contributed by atoms with Crippen LogP contribution in [0.3, 0.4) is 0 Å². The predicted octanol–water partition coefficient (Wildman–Crippen LogP) is 9.41. The first-order valence-electron chi connectivity index (χ1n) is 13.4. The van der Waals surface area contributed by atoms with Gasteiger partial charge in [-0.3, -0.25) is 0 Å². The lowest BCUT2D eigenvalue weighted by molar-refractivity contribution is 0.724. The monoisotopic (exact) mass is 465 g/mol. The van der Waals surface area contributed by atoms with Crippen LogP contribution in [0.1, 0.15) is 59.4 Å². The molecule has 176 valence electrons. The second kappa shape index (κ2) is 8.45. The standard InChI is InChI=1S/C35H31N/c1-22-11-13-25(14-12-22)34-21-28-16-15-26(24-7-3-4-8-24)19-30(28)35(36-34)33-18-23(2)17-31-29-10-6-5-9-27(29)20-32(31)33/h5-6,9-19,21,24H,3-4,7-8,20H2,1-2H3. The van der Waals surface area contributed by atoms with E-state index in [1.54, 1.807) is 0 Å². The van der Waals surface area contributed by atoms with Crippen molar-refractivity contribution in [2.75, 3.05) is 0 Å². The lowest BCUT2D eigenvalue weighted by Crippen LogP contribution is -1.98. The molecular formula is C35H31N. The van der Waals surface area contributed by atoms with Gasteiger partial charge < -0.3 is 0 Å². The molecule has 1 saturated carbocycles. The molecule has 36 heavy (non-hydrogen) atoms. The van der Waals surface area contributed by atoms with E-state index in [1.165, 1.54) is 86.5 Å². The molecule has 1 fully saturated rings. The topological polar surface area (TPSA) is 12.9 Å². The van der Waals surface area contributed by atoms with Crippen LogP contribution in [0.15, 0.2) is 84.9 Å². The summed E-state index contributed by atoms with van der Waals surface area (Å²) in [6.45, 7) is 4.36. The third kappa shape index (κ3) is 3.57. The van der Waals surface area contributed by atoms with Crippen LogP contribution in [-0.2, 0) is 6.42 Å². The molecule has 0 N–H and O–H groups in total. The van der Waals surface area contributed by atoms with Crippen LogP contribution in [0.2, 0.25) is 0 Å². The Kier molecular flexibility index (Phi) is 5.06. The molecule has 0 unspecified atom stereocenters. The lowest BCUT2D eigenvalue weighted by atomic mass is 9.90. The fraction of sp³-hybridized carbons (Fsp3) is 0.229. The number of hydrogen-bond acceptors (Lipinski definition) is 1. The van der Waals surface area contributed by atoms with Crippen molar-refractivity contribution >= 4 is 10.8 Å². The van der Waals surface area contributed by atoms with Crippen LogP contribution in [0, 0.1) is 13.8 Å². The Labute approximate surface area is 213 Å². The van der Waals surface area contributed by atoms with E-state index >= 15 is 0 Å². The summed E-state index contributed by atoms with van der Waals surface area (Å²) in [6, 6.07) is 31.9. The van der Waals surface area contributed by atoms with Gasteiger partial charge in [0.1, 0.15) is 0 Å². The minimum Gasteiger partial charge on any atom is -0.247 e. The van der Waals surface area contributed by atoms with E-state index in [1.807, 2.05) is 0 Å². The van der Waals surface area contributed by atoms with Crippen molar-refractivity contribution in [1.82, 2.24) is 4.98 Å². The number of pyridine rings is 1. The number of fused-ring (bicyclic) bond motifs is 4. The molecule has 7 rings (SSSR count). The zero-order valence-corrected chi connectivity index (χ0v) is 21.1. The van der Waals surface area contributed by atoms with Crippen molar-refractivity contribution in [3.63, 3.8) is 0 Å². The van der Waals surface area contributed by atoms with Gasteiger partial charge in [-0.15, -0.1) is 0 Å². The van der Waals surface area contributed by atoms with Gasteiger partial charge in [-0.2, -0.15) is 0 Å². The van der Waals surface area contributed by atoms with Crippen LogP contribution in [0.5, 0.6) is 0 Å². The molecule has 2 aliphatic carbocycles. The summed E-state index contributed by atoms with van der Waals surface area (Å²) in [6.07, 6.45) is 6.30. The van der Waals surface area contributed by atoms with Crippen molar-refractivity contribution < 1.29 is 0 Å². The van der Waals surface area contributed by atoms with Crippen LogP contribution in [-0.4, -0.2) is 4.98 Å². The maximum absolute atomic E-state index is 5.42. The highest BCUT2D eigenvalue weighted by Gasteiger charge is 2.25. The maximum Gasteiger partial charge on any atom is 0.0791 e. The zero-order chi connectivity index (χ0) is 24.2. The van der Waals surface area contributed by atoms with E-state index in [9.17, 15) is 0 Å². The molecule has 0 atom stereocenters. The van der Waals surface area contributed by atoms with Crippen LogP contribution in [0.25, 0.3) is 44.4 Å². The number of rotatable bonds is 3. The van der Waals surface area contributed by atoms with Crippen molar-refractivity contribution in [3.05, 3.63) is 113 Å². The largest absolute Gasteiger partial charge is 0.247 e. The van der Waals surface area contributed by atoms with Crippen molar-refractivity contribution in [2.24, 2.45) is 0 Å². The van der Waals surface area contributed by atoms with E-state index in [0.717, 1.165) is 17.8 Å². The Morgan fingerprint density at radius 2 is 1.47 bits per heavy atom. The minimum atomic E-state index is 0.687. The third-order valence-corrected chi connectivity index (χ3v) is 8.35. The summed E-state index contributed by atoms with van der Waals surface area (Å²) in [7, 11) is 0. The summed E-state index contributed by atoms with van der Waals surface area (Å²) in [5.41, 5.74) is 14.3. The average Bonchev–Trinajstić information content (AvgIpc) is 3.56. The van der Waals surface area contributed by atoms with Gasteiger partial charge >= 0.3 is 0 Å². The highest BCUT2D eigenvalue weighted by Crippen LogP contribution is 2.45. The van der Waals surface area contributed by atoms with Crippen LogP contribution < -0.4 is 0 Å². The molecule has 0 amide bonds.